The van der Waals surface area contributed by atoms with Crippen molar-refractivity contribution in [1.82, 2.24) is 4.90 Å². The smallest absolute Gasteiger partial charge is 0.161 e. The Hall–Kier alpha value is -2.20. The minimum Gasteiger partial charge on any atom is -0.493 e. The van der Waals surface area contributed by atoms with Crippen molar-refractivity contribution in [2.24, 2.45) is 0 Å². The van der Waals surface area contributed by atoms with Crippen molar-refractivity contribution in [1.29, 1.82) is 0 Å². The molecule has 2 aromatic carbocycles. The number of hydrogen-bond donors (Lipinski definition) is 1. The van der Waals surface area contributed by atoms with Crippen LogP contribution in [-0.2, 0) is 12.8 Å². The molecule has 0 saturated carbocycles. The number of rotatable bonds is 5. The maximum absolute atomic E-state index is 5.76. The van der Waals surface area contributed by atoms with Gasteiger partial charge in [0, 0.05) is 24.8 Å². The molecule has 0 saturated heterocycles. The van der Waals surface area contributed by atoms with Crippen LogP contribution in [0.3, 0.4) is 0 Å². The monoisotopic (exact) mass is 402 g/mol. The molecule has 29 heavy (non-hydrogen) atoms. The van der Waals surface area contributed by atoms with E-state index in [1.54, 1.807) is 14.2 Å². The Morgan fingerprint density at radius 2 is 1.52 bits per heavy atom. The van der Waals surface area contributed by atoms with Crippen LogP contribution >= 0.6 is 0 Å². The van der Waals surface area contributed by atoms with Crippen LogP contribution in [0, 0.1) is 0 Å². The summed E-state index contributed by atoms with van der Waals surface area (Å²) < 4.78 is 10.9. The van der Waals surface area contributed by atoms with Gasteiger partial charge < -0.3 is 15.2 Å². The maximum atomic E-state index is 5.76. The molecule has 3 rings (SSSR count). The topological polar surface area (TPSA) is 47.7 Å². The van der Waals surface area contributed by atoms with Crippen LogP contribution in [0.1, 0.15) is 64.8 Å². The first-order valence-corrected chi connectivity index (χ1v) is 10.5. The zero-order chi connectivity index (χ0) is 21.1. The molecule has 0 spiro atoms. The lowest BCUT2D eigenvalue weighted by molar-refractivity contribution is 0.200. The number of nitrogen functional groups attached to an aromatic ring is 1. The third kappa shape index (κ3) is 6.97. The summed E-state index contributed by atoms with van der Waals surface area (Å²) in [6, 6.07) is 12.8. The number of hydrogen-bond acceptors (Lipinski definition) is 4. The fourth-order valence-corrected chi connectivity index (χ4v) is 3.46. The van der Waals surface area contributed by atoms with Gasteiger partial charge in [0.2, 0.25) is 0 Å². The Kier molecular flexibility index (Phi) is 12.8. The maximum Gasteiger partial charge on any atom is 0.161 e. The summed E-state index contributed by atoms with van der Waals surface area (Å²) in [5.41, 5.74) is 10.6. The average molecular weight is 403 g/mol. The number of methoxy groups -OCH3 is 2. The first-order valence-electron chi connectivity index (χ1n) is 10.5. The van der Waals surface area contributed by atoms with Crippen molar-refractivity contribution >= 4 is 5.69 Å². The number of nitrogens with two attached hydrogens (primary N) is 1. The molecule has 164 valence electrons. The quantitative estimate of drug-likeness (QED) is 0.611. The van der Waals surface area contributed by atoms with Crippen LogP contribution in [0.4, 0.5) is 5.69 Å². The average Bonchev–Trinajstić information content (AvgIpc) is 2.76. The van der Waals surface area contributed by atoms with E-state index in [4.69, 9.17) is 15.2 Å². The standard InChI is InChI=1S/C20H26N2O2.2C2H6.CH4/c1-14-18-13-20(24-3)19(23-2)12-16(18)9-11-22(14)10-8-15-4-6-17(21)7-5-15;2*1-2;/h4-7,12-14H,8-11,21H2,1-3H3;2*1-2H3;1H4. The van der Waals surface area contributed by atoms with Gasteiger partial charge in [-0.3, -0.25) is 4.90 Å². The van der Waals surface area contributed by atoms with E-state index < -0.39 is 0 Å². The van der Waals surface area contributed by atoms with Gasteiger partial charge in [-0.25, -0.2) is 0 Å². The fourth-order valence-electron chi connectivity index (χ4n) is 3.46. The van der Waals surface area contributed by atoms with Gasteiger partial charge in [-0.15, -0.1) is 0 Å². The molecule has 2 N–H and O–H groups in total. The van der Waals surface area contributed by atoms with Crippen molar-refractivity contribution in [3.8, 4) is 11.5 Å². The molecule has 0 aliphatic carbocycles. The van der Waals surface area contributed by atoms with E-state index in [1.165, 1.54) is 16.7 Å². The summed E-state index contributed by atoms with van der Waals surface area (Å²) >= 11 is 0. The van der Waals surface area contributed by atoms with Gasteiger partial charge in [-0.2, -0.15) is 0 Å². The molecule has 0 fully saturated rings. The Labute approximate surface area is 179 Å². The summed E-state index contributed by atoms with van der Waals surface area (Å²) in [6.45, 7) is 12.4. The molecule has 1 aliphatic heterocycles. The van der Waals surface area contributed by atoms with Gasteiger partial charge in [-0.1, -0.05) is 47.3 Å². The van der Waals surface area contributed by atoms with Crippen LogP contribution in [0.15, 0.2) is 36.4 Å². The van der Waals surface area contributed by atoms with E-state index in [0.29, 0.717) is 6.04 Å². The molecule has 0 amide bonds. The zero-order valence-electron chi connectivity index (χ0n) is 18.7. The molecule has 2 aromatic rings. The molecular formula is C25H42N2O2. The lowest BCUT2D eigenvalue weighted by atomic mass is 9.92. The number of nitrogens with zero attached hydrogens (tertiary/aromatic N) is 1. The second-order valence-electron chi connectivity index (χ2n) is 6.36. The highest BCUT2D eigenvalue weighted by atomic mass is 16.5. The highest BCUT2D eigenvalue weighted by Gasteiger charge is 2.25. The Bertz CT molecular complexity index is 699. The largest absolute Gasteiger partial charge is 0.493 e. The molecule has 1 atom stereocenters. The highest BCUT2D eigenvalue weighted by Crippen LogP contribution is 2.37. The van der Waals surface area contributed by atoms with Crippen molar-refractivity contribution in [2.45, 2.75) is 60.9 Å². The third-order valence-electron chi connectivity index (χ3n) is 4.98. The molecule has 4 heteroatoms. The highest BCUT2D eigenvalue weighted by molar-refractivity contribution is 5.49. The molecule has 1 heterocycles. The second-order valence-corrected chi connectivity index (χ2v) is 6.36. The molecule has 1 unspecified atom stereocenters. The van der Waals surface area contributed by atoms with E-state index >= 15 is 0 Å². The molecule has 0 bridgehead atoms. The Morgan fingerprint density at radius 3 is 2.07 bits per heavy atom. The van der Waals surface area contributed by atoms with Gasteiger partial charge >= 0.3 is 0 Å². The number of fused-ring (bicyclic) bond motifs is 1. The van der Waals surface area contributed by atoms with E-state index in [0.717, 1.165) is 43.1 Å². The fraction of sp³-hybridized carbons (Fsp3) is 0.520. The van der Waals surface area contributed by atoms with Crippen molar-refractivity contribution < 1.29 is 9.47 Å². The summed E-state index contributed by atoms with van der Waals surface area (Å²) in [7, 11) is 3.38. The normalized spacial score (nSPS) is 14.8. The minimum absolute atomic E-state index is 0. The van der Waals surface area contributed by atoms with Crippen LogP contribution in [0.2, 0.25) is 0 Å². The molecule has 0 radical (unpaired) electrons. The first-order chi connectivity index (χ1) is 13.6. The zero-order valence-corrected chi connectivity index (χ0v) is 18.7. The molecule has 1 aliphatic rings. The van der Waals surface area contributed by atoms with Crippen molar-refractivity contribution in [3.63, 3.8) is 0 Å². The van der Waals surface area contributed by atoms with Crippen LogP contribution in [0.25, 0.3) is 0 Å². The SMILES string of the molecule is C.CC.CC.COc1cc2c(cc1OC)C(C)N(CCc1ccc(N)cc1)CC2. The van der Waals surface area contributed by atoms with Gasteiger partial charge in [0.15, 0.2) is 11.5 Å². The predicted molar refractivity (Wildman–Crippen MR) is 127 cm³/mol. The molecule has 0 aromatic heterocycles. The van der Waals surface area contributed by atoms with Crippen molar-refractivity contribution in [3.05, 3.63) is 53.1 Å². The van der Waals surface area contributed by atoms with Crippen LogP contribution < -0.4 is 15.2 Å². The first kappa shape index (κ1) is 26.8. The summed E-state index contributed by atoms with van der Waals surface area (Å²) in [5.74, 6) is 1.63. The number of benzene rings is 2. The van der Waals surface area contributed by atoms with E-state index in [9.17, 15) is 0 Å². The summed E-state index contributed by atoms with van der Waals surface area (Å²) in [6.07, 6.45) is 2.08. The number of anilines is 1. The van der Waals surface area contributed by atoms with Crippen LogP contribution in [-0.4, -0.2) is 32.2 Å². The predicted octanol–water partition coefficient (Wildman–Crippen LogP) is 6.14. The number of ether oxygens (including phenoxy) is 2. The Balaban J connectivity index is 0.00000148. The van der Waals surface area contributed by atoms with Crippen molar-refractivity contribution in [2.75, 3.05) is 33.0 Å². The van der Waals surface area contributed by atoms with Gasteiger partial charge in [-0.05, 0) is 60.7 Å². The van der Waals surface area contributed by atoms with E-state index in [2.05, 4.69) is 36.1 Å². The van der Waals surface area contributed by atoms with Gasteiger partial charge in [0.05, 0.1) is 14.2 Å². The summed E-state index contributed by atoms with van der Waals surface area (Å²) in [5, 5.41) is 0. The third-order valence-corrected chi connectivity index (χ3v) is 4.98. The lowest BCUT2D eigenvalue weighted by Crippen LogP contribution is -2.35. The van der Waals surface area contributed by atoms with E-state index in [-0.39, 0.29) is 7.43 Å². The Morgan fingerprint density at radius 1 is 0.966 bits per heavy atom. The van der Waals surface area contributed by atoms with E-state index in [1.807, 2.05) is 39.8 Å². The molecule has 4 nitrogen and oxygen atoms in total. The minimum atomic E-state index is 0. The summed E-state index contributed by atoms with van der Waals surface area (Å²) in [4.78, 5) is 2.53. The lowest BCUT2D eigenvalue weighted by Gasteiger charge is -2.35. The molecular weight excluding hydrogens is 360 g/mol. The van der Waals surface area contributed by atoms with Crippen LogP contribution in [0.5, 0.6) is 11.5 Å². The van der Waals surface area contributed by atoms with Gasteiger partial charge in [0.25, 0.3) is 0 Å². The second kappa shape index (κ2) is 13.9. The van der Waals surface area contributed by atoms with Gasteiger partial charge in [0.1, 0.15) is 0 Å².